The van der Waals surface area contributed by atoms with Gasteiger partial charge in [-0.15, -0.1) is 0 Å². The van der Waals surface area contributed by atoms with E-state index in [0.29, 0.717) is 0 Å². The van der Waals surface area contributed by atoms with Crippen LogP contribution in [0.2, 0.25) is 0 Å². The second-order valence-corrected chi connectivity index (χ2v) is 8.22. The average Bonchev–Trinajstić information content (AvgIpc) is 2.73. The average molecular weight is 662 g/mol. The first kappa shape index (κ1) is 34.4. The van der Waals surface area contributed by atoms with E-state index in [-0.39, 0.29) is 0 Å². The van der Waals surface area contributed by atoms with Crippen molar-refractivity contribution in [2.45, 2.75) is 82.4 Å². The van der Waals surface area contributed by atoms with Crippen molar-refractivity contribution in [3.63, 3.8) is 0 Å². The molecule has 0 bridgehead atoms. The van der Waals surface area contributed by atoms with Gasteiger partial charge in [0, 0.05) is 0 Å². The molecule has 0 nitrogen and oxygen atoms in total. The lowest BCUT2D eigenvalue weighted by Gasteiger charge is -2.65. The summed E-state index contributed by atoms with van der Waals surface area (Å²) in [5.74, 6) is -93.5. The third-order valence-corrected chi connectivity index (χ3v) is 6.23. The number of rotatable bonds is 3. The Hall–Kier alpha value is -1.82. The smallest absolute Gasteiger partial charge is 0.226 e. The van der Waals surface area contributed by atoms with E-state index in [4.69, 9.17) is 0 Å². The van der Waals surface area contributed by atoms with Crippen molar-refractivity contribution >= 4 is 0 Å². The monoisotopic (exact) mass is 662 g/mol. The molecule has 0 radical (unpaired) electrons. The highest BCUT2D eigenvalue weighted by Gasteiger charge is 3.17. The molecule has 0 N–H and O–H groups in total. The maximum atomic E-state index is 14.9. The number of halogens is 26. The van der Waals surface area contributed by atoms with Crippen molar-refractivity contribution in [1.82, 2.24) is 0 Å². The summed E-state index contributed by atoms with van der Waals surface area (Å²) in [7, 11) is 0. The summed E-state index contributed by atoms with van der Waals surface area (Å²) in [5, 5.41) is 0. The molecule has 2 aliphatic carbocycles. The quantitative estimate of drug-likeness (QED) is 0.269. The molecule has 3 unspecified atom stereocenters. The maximum Gasteiger partial charge on any atom is 0.460 e. The molecule has 2 fully saturated rings. The van der Waals surface area contributed by atoms with Gasteiger partial charge in [0.05, 0.1) is 0 Å². The Kier molecular flexibility index (Phi) is 6.19. The van der Waals surface area contributed by atoms with Crippen LogP contribution in [-0.4, -0.2) is 82.4 Å². The van der Waals surface area contributed by atoms with E-state index in [1.807, 2.05) is 0 Å². The van der Waals surface area contributed by atoms with Crippen molar-refractivity contribution in [3.8, 4) is 0 Å². The molecule has 0 aromatic rings. The Morgan fingerprint density at radius 2 is 0.525 bits per heavy atom. The lowest BCUT2D eigenvalue weighted by atomic mass is 9.50. The highest BCUT2D eigenvalue weighted by Crippen LogP contribution is 2.83. The van der Waals surface area contributed by atoms with E-state index in [1.165, 1.54) is 0 Å². The van der Waals surface area contributed by atoms with Crippen LogP contribution in [0.15, 0.2) is 0 Å². The molecule has 0 amide bonds. The number of hydrogen-bond donors (Lipinski definition) is 0. The molecule has 0 saturated heterocycles. The fourth-order valence-electron chi connectivity index (χ4n) is 3.94. The summed E-state index contributed by atoms with van der Waals surface area (Å²) in [4.78, 5) is 0. The minimum absolute atomic E-state index is 8.38. The van der Waals surface area contributed by atoms with Gasteiger partial charge in [-0.25, -0.2) is 13.2 Å². The Labute approximate surface area is 198 Å². The van der Waals surface area contributed by atoms with E-state index < -0.39 is 82.4 Å². The van der Waals surface area contributed by atoms with E-state index in [9.17, 15) is 114 Å². The largest absolute Gasteiger partial charge is 0.460 e. The van der Waals surface area contributed by atoms with Crippen LogP contribution >= 0.6 is 0 Å². The minimum Gasteiger partial charge on any atom is -0.226 e. The summed E-state index contributed by atoms with van der Waals surface area (Å²) in [6, 6.07) is 0. The second kappa shape index (κ2) is 7.21. The minimum atomic E-state index is -9.98. The first-order chi connectivity index (χ1) is 16.8. The Bertz CT molecular complexity index is 1060. The van der Waals surface area contributed by atoms with E-state index in [0.717, 1.165) is 0 Å². The predicted molar refractivity (Wildman–Crippen MR) is 67.0 cm³/mol. The van der Waals surface area contributed by atoms with Crippen molar-refractivity contribution in [1.29, 1.82) is 0 Å². The first-order valence-corrected chi connectivity index (χ1v) is 8.66. The molecule has 0 heterocycles. The zero-order valence-corrected chi connectivity index (χ0v) is 16.8. The summed E-state index contributed by atoms with van der Waals surface area (Å²) in [6.45, 7) is 0. The standard InChI is InChI=1S/C14F26/c15-1-2(16,7(24,25)11(32,33)10(30,31)6(1,22)23)5(20,21)8(26,27)3(17,4(1,18)19)9(28,29)12(34,35)13(36,37)14(38,39)40. The van der Waals surface area contributed by atoms with Gasteiger partial charge in [-0.1, -0.05) is 0 Å². The van der Waals surface area contributed by atoms with Crippen LogP contribution in [0.25, 0.3) is 0 Å². The SMILES string of the molecule is FC(F)(F)C(F)(F)C(F)(F)C(F)(F)C1(F)C(F)(F)C(F)(F)C2(F)C(F)(F)C(F)(F)C(F)(F)C(F)(F)C2(F)C1(F)F. The summed E-state index contributed by atoms with van der Waals surface area (Å²) < 4.78 is 357. The van der Waals surface area contributed by atoms with Crippen LogP contribution < -0.4 is 0 Å². The van der Waals surface area contributed by atoms with Gasteiger partial charge >= 0.3 is 71.1 Å². The maximum absolute atomic E-state index is 14.9. The molecular weight excluding hydrogens is 662 g/mol. The molecule has 0 aliphatic heterocycles. The molecule has 0 spiro atoms. The molecule has 0 aromatic carbocycles. The molecule has 2 aliphatic rings. The third-order valence-electron chi connectivity index (χ3n) is 6.23. The molecule has 238 valence electrons. The van der Waals surface area contributed by atoms with Crippen molar-refractivity contribution in [2.75, 3.05) is 0 Å². The van der Waals surface area contributed by atoms with Crippen LogP contribution in [-0.2, 0) is 0 Å². The van der Waals surface area contributed by atoms with Gasteiger partial charge < -0.3 is 0 Å². The predicted octanol–water partition coefficient (Wildman–Crippen LogP) is 8.05. The van der Waals surface area contributed by atoms with Crippen LogP contribution in [0.1, 0.15) is 0 Å². The molecule has 40 heavy (non-hydrogen) atoms. The first-order valence-electron chi connectivity index (χ1n) is 8.66. The Morgan fingerprint density at radius 1 is 0.275 bits per heavy atom. The Balaban J connectivity index is 3.33. The zero-order chi connectivity index (χ0) is 33.0. The number of alkyl halides is 26. The molecule has 2 saturated carbocycles. The summed E-state index contributed by atoms with van der Waals surface area (Å²) in [5.41, 5.74) is -29.2. The fraction of sp³-hybridized carbons (Fsp3) is 1.00. The van der Waals surface area contributed by atoms with Crippen LogP contribution in [0.5, 0.6) is 0 Å². The number of fused-ring (bicyclic) bond motifs is 1. The van der Waals surface area contributed by atoms with Crippen molar-refractivity contribution in [3.05, 3.63) is 0 Å². The van der Waals surface area contributed by atoms with Gasteiger partial charge in [-0.2, -0.15) is 101 Å². The normalized spacial score (nSPS) is 38.0. The molecule has 0 aromatic heterocycles. The summed E-state index contributed by atoms with van der Waals surface area (Å²) >= 11 is 0. The fourth-order valence-corrected chi connectivity index (χ4v) is 3.94. The van der Waals surface area contributed by atoms with Gasteiger partial charge in [-0.3, -0.25) is 0 Å². The van der Waals surface area contributed by atoms with Crippen molar-refractivity contribution in [2.24, 2.45) is 0 Å². The van der Waals surface area contributed by atoms with Gasteiger partial charge in [0.25, 0.3) is 11.3 Å². The highest BCUT2D eigenvalue weighted by molar-refractivity contribution is 5.45. The lowest BCUT2D eigenvalue weighted by molar-refractivity contribution is -0.566. The topological polar surface area (TPSA) is 0 Å². The van der Waals surface area contributed by atoms with Crippen LogP contribution in [0.3, 0.4) is 0 Å². The molecule has 3 atom stereocenters. The zero-order valence-electron chi connectivity index (χ0n) is 16.8. The van der Waals surface area contributed by atoms with Gasteiger partial charge in [-0.05, 0) is 0 Å². The summed E-state index contributed by atoms with van der Waals surface area (Å²) in [6.07, 6.45) is -8.38. The second-order valence-electron chi connectivity index (χ2n) is 8.22. The van der Waals surface area contributed by atoms with Gasteiger partial charge in [0.15, 0.2) is 0 Å². The van der Waals surface area contributed by atoms with E-state index in [1.54, 1.807) is 0 Å². The van der Waals surface area contributed by atoms with Gasteiger partial charge in [0.1, 0.15) is 0 Å². The molecule has 26 heteroatoms. The molecule has 2 rings (SSSR count). The van der Waals surface area contributed by atoms with Crippen LogP contribution in [0, 0.1) is 0 Å². The van der Waals surface area contributed by atoms with E-state index >= 15 is 0 Å². The van der Waals surface area contributed by atoms with Gasteiger partial charge in [0.2, 0.25) is 0 Å². The van der Waals surface area contributed by atoms with E-state index in [2.05, 4.69) is 0 Å². The third kappa shape index (κ3) is 2.52. The lowest BCUT2D eigenvalue weighted by Crippen LogP contribution is -3.01. The van der Waals surface area contributed by atoms with Crippen molar-refractivity contribution < 1.29 is 114 Å². The van der Waals surface area contributed by atoms with Crippen LogP contribution in [0.4, 0.5) is 114 Å². The Morgan fingerprint density at radius 3 is 0.800 bits per heavy atom. The highest BCUT2D eigenvalue weighted by atomic mass is 19.4. The number of hydrogen-bond acceptors (Lipinski definition) is 0. The molecular formula is C14F26.